The van der Waals surface area contributed by atoms with Gasteiger partial charge in [-0.25, -0.2) is 17.9 Å². The minimum Gasteiger partial charge on any atom is -0.444 e. The fourth-order valence-electron chi connectivity index (χ4n) is 2.75. The molecule has 1 aliphatic carbocycles. The van der Waals surface area contributed by atoms with Crippen LogP contribution in [0.25, 0.3) is 0 Å². The molecule has 0 heterocycles. The van der Waals surface area contributed by atoms with Crippen LogP contribution in [-0.4, -0.2) is 51.5 Å². The van der Waals surface area contributed by atoms with Gasteiger partial charge in [0.25, 0.3) is 0 Å². The molecule has 136 valence electrons. The quantitative estimate of drug-likeness (QED) is 0.612. The van der Waals surface area contributed by atoms with Gasteiger partial charge in [0.05, 0.1) is 5.75 Å². The van der Waals surface area contributed by atoms with E-state index >= 15 is 0 Å². The molecule has 2 atom stereocenters. The molecule has 0 radical (unpaired) electrons. The number of alkyl carbamates (subject to hydrolysis) is 1. The zero-order chi connectivity index (χ0) is 17.5. The molecular weight excluding hydrogens is 318 g/mol. The zero-order valence-corrected chi connectivity index (χ0v) is 15.5. The summed E-state index contributed by atoms with van der Waals surface area (Å²) < 4.78 is 30.9. The lowest BCUT2D eigenvalue weighted by Crippen LogP contribution is -2.42. The van der Waals surface area contributed by atoms with Gasteiger partial charge in [-0.3, -0.25) is 0 Å². The first-order valence-electron chi connectivity index (χ1n) is 8.30. The summed E-state index contributed by atoms with van der Waals surface area (Å²) in [5.74, 6) is 0.383. The van der Waals surface area contributed by atoms with Gasteiger partial charge in [0.15, 0.2) is 0 Å². The summed E-state index contributed by atoms with van der Waals surface area (Å²) in [7, 11) is -3.19. The molecule has 1 fully saturated rings. The van der Waals surface area contributed by atoms with E-state index in [0.29, 0.717) is 25.6 Å². The molecule has 2 unspecified atom stereocenters. The van der Waals surface area contributed by atoms with Crippen molar-refractivity contribution in [2.24, 2.45) is 5.92 Å². The number of hydrogen-bond donors (Lipinski definition) is 3. The SMILES string of the molecule is CCNS(=O)(=O)CCNC1CCCC1CNC(=O)OC(C)(C)C. The highest BCUT2D eigenvalue weighted by molar-refractivity contribution is 7.89. The highest BCUT2D eigenvalue weighted by atomic mass is 32.2. The highest BCUT2D eigenvalue weighted by Crippen LogP contribution is 2.25. The number of amides is 1. The van der Waals surface area contributed by atoms with E-state index in [4.69, 9.17) is 4.74 Å². The smallest absolute Gasteiger partial charge is 0.407 e. The first-order chi connectivity index (χ1) is 10.6. The Balaban J connectivity index is 2.33. The van der Waals surface area contributed by atoms with Crippen LogP contribution in [0.15, 0.2) is 0 Å². The van der Waals surface area contributed by atoms with Gasteiger partial charge in [0, 0.05) is 25.7 Å². The Labute approximate surface area is 140 Å². The largest absolute Gasteiger partial charge is 0.444 e. The fourth-order valence-corrected chi connectivity index (χ4v) is 3.72. The van der Waals surface area contributed by atoms with Crippen molar-refractivity contribution in [3.8, 4) is 0 Å². The van der Waals surface area contributed by atoms with E-state index in [1.807, 2.05) is 20.8 Å². The van der Waals surface area contributed by atoms with Gasteiger partial charge in [-0.2, -0.15) is 0 Å². The van der Waals surface area contributed by atoms with E-state index in [2.05, 4.69) is 15.4 Å². The lowest BCUT2D eigenvalue weighted by molar-refractivity contribution is 0.0517. The molecule has 0 aromatic rings. The molecule has 0 saturated heterocycles. The number of sulfonamides is 1. The molecular formula is C15H31N3O4S. The minimum absolute atomic E-state index is 0.0730. The van der Waals surface area contributed by atoms with Gasteiger partial charge in [0.2, 0.25) is 10.0 Å². The van der Waals surface area contributed by atoms with Gasteiger partial charge in [-0.15, -0.1) is 0 Å². The molecule has 1 amide bonds. The van der Waals surface area contributed by atoms with E-state index in [0.717, 1.165) is 19.3 Å². The third-order valence-electron chi connectivity index (χ3n) is 3.71. The van der Waals surface area contributed by atoms with Crippen LogP contribution in [0.1, 0.15) is 47.0 Å². The number of hydrogen-bond acceptors (Lipinski definition) is 5. The predicted molar refractivity (Wildman–Crippen MR) is 90.8 cm³/mol. The fraction of sp³-hybridized carbons (Fsp3) is 0.933. The normalized spacial score (nSPS) is 22.1. The van der Waals surface area contributed by atoms with Crippen molar-refractivity contribution in [1.82, 2.24) is 15.4 Å². The summed E-state index contributed by atoms with van der Waals surface area (Å²) in [6.07, 6.45) is 2.70. The monoisotopic (exact) mass is 349 g/mol. The molecule has 1 rings (SSSR count). The Kier molecular flexibility index (Phi) is 7.76. The number of ether oxygens (including phenoxy) is 1. The van der Waals surface area contributed by atoms with Gasteiger partial charge in [0.1, 0.15) is 5.60 Å². The van der Waals surface area contributed by atoms with Crippen molar-refractivity contribution < 1.29 is 17.9 Å². The first kappa shape index (κ1) is 20.2. The number of nitrogens with one attached hydrogen (secondary N) is 3. The van der Waals surface area contributed by atoms with Crippen LogP contribution in [0, 0.1) is 5.92 Å². The molecule has 1 aliphatic rings. The summed E-state index contributed by atoms with van der Waals surface area (Å²) in [6.45, 7) is 8.63. The Bertz CT molecular complexity index is 474. The predicted octanol–water partition coefficient (Wildman–Crippen LogP) is 1.21. The van der Waals surface area contributed by atoms with Crippen molar-refractivity contribution in [2.45, 2.75) is 58.6 Å². The summed E-state index contributed by atoms with van der Waals surface area (Å²) in [4.78, 5) is 11.7. The van der Waals surface area contributed by atoms with Gasteiger partial charge < -0.3 is 15.4 Å². The van der Waals surface area contributed by atoms with E-state index in [9.17, 15) is 13.2 Å². The van der Waals surface area contributed by atoms with E-state index in [-0.39, 0.29) is 11.8 Å². The second-order valence-electron chi connectivity index (χ2n) is 6.95. The third-order valence-corrected chi connectivity index (χ3v) is 5.18. The molecule has 0 bridgehead atoms. The van der Waals surface area contributed by atoms with Crippen LogP contribution < -0.4 is 15.4 Å². The molecule has 3 N–H and O–H groups in total. The topological polar surface area (TPSA) is 96.5 Å². The summed E-state index contributed by atoms with van der Waals surface area (Å²) >= 11 is 0. The Morgan fingerprint density at radius 2 is 1.96 bits per heavy atom. The number of carbonyl (C=O) groups is 1. The second kappa shape index (κ2) is 8.84. The minimum atomic E-state index is -3.19. The van der Waals surface area contributed by atoms with Crippen molar-refractivity contribution in [2.75, 3.05) is 25.4 Å². The summed E-state index contributed by atoms with van der Waals surface area (Å²) in [6, 6.07) is 0.238. The Hall–Kier alpha value is -0.860. The molecule has 23 heavy (non-hydrogen) atoms. The number of rotatable bonds is 8. The first-order valence-corrected chi connectivity index (χ1v) is 9.96. The van der Waals surface area contributed by atoms with Gasteiger partial charge >= 0.3 is 6.09 Å². The van der Waals surface area contributed by atoms with Crippen LogP contribution in [-0.2, 0) is 14.8 Å². The van der Waals surface area contributed by atoms with Crippen LogP contribution in [0.4, 0.5) is 4.79 Å². The van der Waals surface area contributed by atoms with Crippen molar-refractivity contribution in [3.05, 3.63) is 0 Å². The summed E-state index contributed by atoms with van der Waals surface area (Å²) in [5.41, 5.74) is -0.502. The molecule has 0 aromatic carbocycles. The van der Waals surface area contributed by atoms with E-state index < -0.39 is 21.7 Å². The molecule has 0 aliphatic heterocycles. The molecule has 7 nitrogen and oxygen atoms in total. The van der Waals surface area contributed by atoms with Crippen LogP contribution in [0.2, 0.25) is 0 Å². The van der Waals surface area contributed by atoms with Crippen LogP contribution >= 0.6 is 0 Å². The average molecular weight is 349 g/mol. The van der Waals surface area contributed by atoms with Gasteiger partial charge in [-0.05, 0) is 39.5 Å². The van der Waals surface area contributed by atoms with Crippen molar-refractivity contribution in [1.29, 1.82) is 0 Å². The van der Waals surface area contributed by atoms with E-state index in [1.165, 1.54) is 0 Å². The van der Waals surface area contributed by atoms with Crippen molar-refractivity contribution >= 4 is 16.1 Å². The highest BCUT2D eigenvalue weighted by Gasteiger charge is 2.28. The maximum Gasteiger partial charge on any atom is 0.407 e. The lowest BCUT2D eigenvalue weighted by atomic mass is 10.0. The van der Waals surface area contributed by atoms with Crippen LogP contribution in [0.3, 0.4) is 0 Å². The maximum atomic E-state index is 11.7. The Morgan fingerprint density at radius 3 is 2.57 bits per heavy atom. The zero-order valence-electron chi connectivity index (χ0n) is 14.6. The third kappa shape index (κ3) is 8.53. The second-order valence-corrected chi connectivity index (χ2v) is 8.88. The van der Waals surface area contributed by atoms with Crippen molar-refractivity contribution in [3.63, 3.8) is 0 Å². The number of carbonyl (C=O) groups excluding carboxylic acids is 1. The van der Waals surface area contributed by atoms with Crippen LogP contribution in [0.5, 0.6) is 0 Å². The van der Waals surface area contributed by atoms with E-state index in [1.54, 1.807) is 6.92 Å². The Morgan fingerprint density at radius 1 is 1.26 bits per heavy atom. The average Bonchev–Trinajstić information content (AvgIpc) is 2.81. The lowest BCUT2D eigenvalue weighted by Gasteiger charge is -2.23. The molecule has 8 heteroatoms. The maximum absolute atomic E-state index is 11.7. The molecule has 1 saturated carbocycles. The summed E-state index contributed by atoms with van der Waals surface area (Å²) in [5, 5.41) is 6.11. The molecule has 0 spiro atoms. The van der Waals surface area contributed by atoms with Gasteiger partial charge in [-0.1, -0.05) is 13.3 Å². The molecule has 0 aromatic heterocycles. The standard InChI is InChI=1S/C15H31N3O4S/c1-5-18-23(20,21)10-9-16-13-8-6-7-12(13)11-17-14(19)22-15(2,3)4/h12-13,16,18H,5-11H2,1-4H3,(H,17,19).